The van der Waals surface area contributed by atoms with Gasteiger partial charge in [-0.1, -0.05) is 48.0 Å². The SMILES string of the molecule is CC(=Nc1ccc2c(c1)[C@@H](NC(=O)c1ccc(-c3ccccc3Cl)nc1)[C@H](O)C2)N(C)Cc1ccc(F)cc1. The topological polar surface area (TPSA) is 77.8 Å². The lowest BCUT2D eigenvalue weighted by Gasteiger charge is -2.20. The standard InChI is InChI=1S/C31H28ClFN4O2/c1-19(37(2)18-20-7-11-23(33)12-8-20)35-24-13-9-21-15-29(38)30(26(21)16-24)36-31(39)22-10-14-28(34-17-22)25-5-3-4-6-27(25)32/h3-14,16-17,29-30,38H,15,18H2,1-2H3,(H,36,39)/t29-,30-/m1/s1. The molecule has 0 aliphatic heterocycles. The van der Waals surface area contributed by atoms with Crippen LogP contribution in [-0.4, -0.2) is 39.9 Å². The summed E-state index contributed by atoms with van der Waals surface area (Å²) in [7, 11) is 1.92. The molecule has 1 aliphatic carbocycles. The molecule has 8 heteroatoms. The van der Waals surface area contributed by atoms with Crippen molar-refractivity contribution in [3.8, 4) is 11.3 Å². The summed E-state index contributed by atoms with van der Waals surface area (Å²) < 4.78 is 13.2. The van der Waals surface area contributed by atoms with E-state index < -0.39 is 12.1 Å². The van der Waals surface area contributed by atoms with Crippen LogP contribution in [0.4, 0.5) is 10.1 Å². The number of nitrogens with one attached hydrogen (secondary N) is 1. The van der Waals surface area contributed by atoms with Crippen LogP contribution in [0.3, 0.4) is 0 Å². The molecule has 1 amide bonds. The van der Waals surface area contributed by atoms with Crippen molar-refractivity contribution in [1.29, 1.82) is 0 Å². The first kappa shape index (κ1) is 26.5. The van der Waals surface area contributed by atoms with Crippen molar-refractivity contribution < 1.29 is 14.3 Å². The highest BCUT2D eigenvalue weighted by Gasteiger charge is 2.32. The molecular formula is C31H28ClFN4O2. The number of aliphatic imine (C=N–C) groups is 1. The van der Waals surface area contributed by atoms with Crippen LogP contribution in [0.25, 0.3) is 11.3 Å². The monoisotopic (exact) mass is 542 g/mol. The number of pyridine rings is 1. The third-order valence-corrected chi connectivity index (χ3v) is 7.25. The van der Waals surface area contributed by atoms with Gasteiger partial charge in [0.05, 0.1) is 29.1 Å². The minimum atomic E-state index is -0.749. The largest absolute Gasteiger partial charge is 0.390 e. The fourth-order valence-corrected chi connectivity index (χ4v) is 4.92. The first-order valence-corrected chi connectivity index (χ1v) is 13.0. The van der Waals surface area contributed by atoms with Gasteiger partial charge in [0, 0.05) is 36.8 Å². The van der Waals surface area contributed by atoms with Crippen molar-refractivity contribution in [3.05, 3.63) is 118 Å². The van der Waals surface area contributed by atoms with Crippen LogP contribution in [-0.2, 0) is 13.0 Å². The molecule has 3 aromatic carbocycles. The predicted octanol–water partition coefficient (Wildman–Crippen LogP) is 6.11. The summed E-state index contributed by atoms with van der Waals surface area (Å²) in [5.41, 5.74) is 5.35. The van der Waals surface area contributed by atoms with E-state index in [2.05, 4.69) is 10.3 Å². The molecule has 4 aromatic rings. The van der Waals surface area contributed by atoms with E-state index in [-0.39, 0.29) is 11.7 Å². The second-order valence-electron chi connectivity index (χ2n) is 9.66. The van der Waals surface area contributed by atoms with Crippen LogP contribution in [0.1, 0.15) is 40.0 Å². The maximum absolute atomic E-state index is 13.2. The Labute approximate surface area is 231 Å². The van der Waals surface area contributed by atoms with Gasteiger partial charge in [-0.3, -0.25) is 9.78 Å². The smallest absolute Gasteiger partial charge is 0.253 e. The molecular weight excluding hydrogens is 515 g/mol. The first-order valence-electron chi connectivity index (χ1n) is 12.6. The number of carbonyl (C=O) groups is 1. The van der Waals surface area contributed by atoms with Crippen LogP contribution < -0.4 is 5.32 Å². The molecule has 1 aromatic heterocycles. The molecule has 0 fully saturated rings. The molecule has 0 spiro atoms. The number of benzene rings is 3. The van der Waals surface area contributed by atoms with Crippen LogP contribution in [0.2, 0.25) is 5.02 Å². The van der Waals surface area contributed by atoms with E-state index in [9.17, 15) is 14.3 Å². The van der Waals surface area contributed by atoms with Gasteiger partial charge in [0.2, 0.25) is 0 Å². The van der Waals surface area contributed by atoms with Crippen molar-refractivity contribution >= 4 is 29.0 Å². The molecule has 1 aliphatic rings. The fraction of sp³-hybridized carbons (Fsp3) is 0.194. The second kappa shape index (κ2) is 11.4. The number of hydrogen-bond donors (Lipinski definition) is 2. The summed E-state index contributed by atoms with van der Waals surface area (Å²) in [6, 6.07) is 22.4. The Morgan fingerprint density at radius 3 is 2.62 bits per heavy atom. The summed E-state index contributed by atoms with van der Waals surface area (Å²) >= 11 is 6.27. The van der Waals surface area contributed by atoms with E-state index in [4.69, 9.17) is 16.6 Å². The number of amides is 1. The number of amidine groups is 1. The molecule has 6 nitrogen and oxygen atoms in total. The lowest BCUT2D eigenvalue weighted by molar-refractivity contribution is 0.0858. The minimum Gasteiger partial charge on any atom is -0.390 e. The number of carbonyl (C=O) groups excluding carboxylic acids is 1. The number of aliphatic hydroxyl groups excluding tert-OH is 1. The third kappa shape index (κ3) is 6.00. The molecule has 198 valence electrons. The average Bonchev–Trinajstić information content (AvgIpc) is 3.24. The summed E-state index contributed by atoms with van der Waals surface area (Å²) in [5.74, 6) is 0.191. The van der Waals surface area contributed by atoms with Gasteiger partial charge < -0.3 is 15.3 Å². The Morgan fingerprint density at radius 2 is 1.90 bits per heavy atom. The number of halogens is 2. The highest BCUT2D eigenvalue weighted by atomic mass is 35.5. The van der Waals surface area contributed by atoms with Gasteiger partial charge in [0.15, 0.2) is 0 Å². The van der Waals surface area contributed by atoms with Crippen molar-refractivity contribution in [3.63, 3.8) is 0 Å². The highest BCUT2D eigenvalue weighted by molar-refractivity contribution is 6.33. The summed E-state index contributed by atoms with van der Waals surface area (Å²) in [6.07, 6.45) is 1.20. The Bertz CT molecular complexity index is 1520. The van der Waals surface area contributed by atoms with Gasteiger partial charge in [-0.05, 0) is 66.1 Å². The van der Waals surface area contributed by atoms with E-state index in [1.54, 1.807) is 30.3 Å². The summed E-state index contributed by atoms with van der Waals surface area (Å²) in [4.78, 5) is 24.2. The Kier molecular flexibility index (Phi) is 7.72. The molecule has 1 heterocycles. The zero-order valence-corrected chi connectivity index (χ0v) is 22.4. The molecule has 2 atom stereocenters. The lowest BCUT2D eigenvalue weighted by atomic mass is 10.1. The third-order valence-electron chi connectivity index (χ3n) is 6.92. The van der Waals surface area contributed by atoms with Gasteiger partial charge in [-0.2, -0.15) is 0 Å². The summed E-state index contributed by atoms with van der Waals surface area (Å²) in [5, 5.41) is 14.3. The van der Waals surface area contributed by atoms with Crippen molar-refractivity contribution in [2.75, 3.05) is 7.05 Å². The highest BCUT2D eigenvalue weighted by Crippen LogP contribution is 2.35. The van der Waals surface area contributed by atoms with Gasteiger partial charge in [0.1, 0.15) is 11.7 Å². The average molecular weight is 543 g/mol. The van der Waals surface area contributed by atoms with Gasteiger partial charge >= 0.3 is 0 Å². The zero-order valence-electron chi connectivity index (χ0n) is 21.6. The second-order valence-corrected chi connectivity index (χ2v) is 10.1. The minimum absolute atomic E-state index is 0.265. The quantitative estimate of drug-likeness (QED) is 0.227. The zero-order chi connectivity index (χ0) is 27.5. The molecule has 2 N–H and O–H groups in total. The first-order chi connectivity index (χ1) is 18.8. The molecule has 0 unspecified atom stereocenters. The predicted molar refractivity (Wildman–Crippen MR) is 152 cm³/mol. The van der Waals surface area contributed by atoms with Crippen molar-refractivity contribution in [2.45, 2.75) is 32.0 Å². The lowest BCUT2D eigenvalue weighted by Crippen LogP contribution is -2.33. The number of aliphatic hydroxyl groups is 1. The Morgan fingerprint density at radius 1 is 1.13 bits per heavy atom. The molecule has 39 heavy (non-hydrogen) atoms. The van der Waals surface area contributed by atoms with Crippen LogP contribution >= 0.6 is 11.6 Å². The number of nitrogens with zero attached hydrogens (tertiary/aromatic N) is 3. The fourth-order valence-electron chi connectivity index (χ4n) is 4.68. The van der Waals surface area contributed by atoms with E-state index in [1.807, 2.05) is 55.3 Å². The molecule has 0 radical (unpaired) electrons. The molecule has 5 rings (SSSR count). The van der Waals surface area contributed by atoms with Gasteiger partial charge in [-0.15, -0.1) is 0 Å². The van der Waals surface area contributed by atoms with Crippen LogP contribution in [0.15, 0.2) is 90.1 Å². The molecule has 0 bridgehead atoms. The van der Waals surface area contributed by atoms with Crippen LogP contribution in [0, 0.1) is 5.82 Å². The van der Waals surface area contributed by atoms with E-state index >= 15 is 0 Å². The number of rotatable bonds is 6. The normalized spacial score (nSPS) is 16.6. The molecule has 0 saturated heterocycles. The Balaban J connectivity index is 1.30. The van der Waals surface area contributed by atoms with Crippen molar-refractivity contribution in [2.24, 2.45) is 4.99 Å². The van der Waals surface area contributed by atoms with E-state index in [1.165, 1.54) is 18.3 Å². The van der Waals surface area contributed by atoms with Crippen molar-refractivity contribution in [1.82, 2.24) is 15.2 Å². The number of aromatic nitrogens is 1. The maximum Gasteiger partial charge on any atom is 0.253 e. The molecule has 0 saturated carbocycles. The summed E-state index contributed by atoms with van der Waals surface area (Å²) in [6.45, 7) is 2.49. The van der Waals surface area contributed by atoms with E-state index in [0.717, 1.165) is 33.8 Å². The number of fused-ring (bicyclic) bond motifs is 1. The van der Waals surface area contributed by atoms with Gasteiger partial charge in [-0.25, -0.2) is 9.38 Å². The van der Waals surface area contributed by atoms with Crippen LogP contribution in [0.5, 0.6) is 0 Å². The maximum atomic E-state index is 13.2. The van der Waals surface area contributed by atoms with Gasteiger partial charge in [0.25, 0.3) is 5.91 Å². The number of hydrogen-bond acceptors (Lipinski definition) is 4. The van der Waals surface area contributed by atoms with E-state index in [0.29, 0.717) is 29.2 Å². The Hall–Kier alpha value is -4.07.